The van der Waals surface area contributed by atoms with Gasteiger partial charge in [0.2, 0.25) is 0 Å². The third-order valence-corrected chi connectivity index (χ3v) is 4.32. The molecule has 0 unspecified atom stereocenters. The number of hydrogen-bond acceptors (Lipinski definition) is 2. The van der Waals surface area contributed by atoms with E-state index in [-0.39, 0.29) is 0 Å². The summed E-state index contributed by atoms with van der Waals surface area (Å²) in [5.74, 6) is 0. The zero-order chi connectivity index (χ0) is 17.6. The molecule has 3 aromatic carbocycles. The molecular weight excluding hydrogens is 304 g/mol. The van der Waals surface area contributed by atoms with Gasteiger partial charge in [-0.15, -0.1) is 5.10 Å². The molecule has 0 saturated heterocycles. The van der Waals surface area contributed by atoms with Crippen LogP contribution in [0.3, 0.4) is 0 Å². The molecule has 0 fully saturated rings. The van der Waals surface area contributed by atoms with Crippen LogP contribution >= 0.6 is 0 Å². The predicted molar refractivity (Wildman–Crippen MR) is 107 cm³/mol. The van der Waals surface area contributed by atoms with Crippen LogP contribution in [-0.4, -0.2) is 11.4 Å². The summed E-state index contributed by atoms with van der Waals surface area (Å²) >= 11 is 0. The summed E-state index contributed by atoms with van der Waals surface area (Å²) in [6, 6.07) is 26.7. The Morgan fingerprint density at radius 3 is 1.68 bits per heavy atom. The van der Waals surface area contributed by atoms with Crippen LogP contribution in [0.25, 0.3) is 0 Å². The first-order chi connectivity index (χ1) is 12.1. The molecule has 25 heavy (non-hydrogen) atoms. The lowest BCUT2D eigenvalue weighted by molar-refractivity contribution is 1.22. The van der Waals surface area contributed by atoms with Crippen molar-refractivity contribution in [3.63, 3.8) is 0 Å². The van der Waals surface area contributed by atoms with E-state index in [0.717, 1.165) is 28.1 Å². The van der Waals surface area contributed by atoms with Crippen molar-refractivity contribution in [2.45, 2.75) is 20.8 Å². The molecule has 0 atom stereocenters. The number of rotatable bonds is 4. The molecular formula is C23H22N2. The topological polar surface area (TPSA) is 24.7 Å². The normalized spacial score (nSPS) is 11.2. The lowest BCUT2D eigenvalue weighted by atomic mass is 10.0. The summed E-state index contributed by atoms with van der Waals surface area (Å²) in [4.78, 5) is 0. The smallest absolute Gasteiger partial charge is 0.100 e. The maximum atomic E-state index is 4.60. The summed E-state index contributed by atoms with van der Waals surface area (Å²) in [5, 5.41) is 9.12. The highest BCUT2D eigenvalue weighted by molar-refractivity contribution is 6.13. The Kier molecular flexibility index (Phi) is 5.20. The van der Waals surface area contributed by atoms with E-state index in [4.69, 9.17) is 0 Å². The molecule has 0 amide bonds. The van der Waals surface area contributed by atoms with Crippen molar-refractivity contribution >= 4 is 11.4 Å². The van der Waals surface area contributed by atoms with Gasteiger partial charge < -0.3 is 0 Å². The van der Waals surface area contributed by atoms with Gasteiger partial charge in [0.25, 0.3) is 0 Å². The van der Waals surface area contributed by atoms with Gasteiger partial charge in [-0.2, -0.15) is 5.10 Å². The van der Waals surface area contributed by atoms with Gasteiger partial charge in [0.05, 0.1) is 5.71 Å². The second kappa shape index (κ2) is 7.71. The molecule has 0 bridgehead atoms. The first-order valence-corrected chi connectivity index (χ1v) is 8.46. The summed E-state index contributed by atoms with van der Waals surface area (Å²) in [6.07, 6.45) is 0. The highest BCUT2D eigenvalue weighted by atomic mass is 15.2. The van der Waals surface area contributed by atoms with Gasteiger partial charge in [-0.05, 0) is 43.5 Å². The molecule has 0 N–H and O–H groups in total. The fourth-order valence-corrected chi connectivity index (χ4v) is 2.62. The highest BCUT2D eigenvalue weighted by Crippen LogP contribution is 2.13. The molecule has 0 spiro atoms. The van der Waals surface area contributed by atoms with Crippen molar-refractivity contribution in [1.82, 2.24) is 0 Å². The van der Waals surface area contributed by atoms with E-state index >= 15 is 0 Å². The maximum absolute atomic E-state index is 4.60. The Hall–Kier alpha value is -3.00. The van der Waals surface area contributed by atoms with Crippen LogP contribution in [0, 0.1) is 13.8 Å². The van der Waals surface area contributed by atoms with Gasteiger partial charge in [0.1, 0.15) is 5.71 Å². The van der Waals surface area contributed by atoms with Crippen molar-refractivity contribution in [1.29, 1.82) is 0 Å². The average Bonchev–Trinajstić information content (AvgIpc) is 2.66. The Morgan fingerprint density at radius 1 is 0.600 bits per heavy atom. The largest absolute Gasteiger partial charge is 0.155 e. The fraction of sp³-hybridized carbons (Fsp3) is 0.130. The quantitative estimate of drug-likeness (QED) is 0.442. The Labute approximate surface area is 149 Å². The molecule has 0 heterocycles. The second-order valence-electron chi connectivity index (χ2n) is 6.17. The third kappa shape index (κ3) is 4.10. The zero-order valence-electron chi connectivity index (χ0n) is 14.9. The molecule has 0 saturated carbocycles. The van der Waals surface area contributed by atoms with E-state index in [2.05, 4.69) is 66.5 Å². The number of hydrogen-bond donors (Lipinski definition) is 0. The molecule has 2 heteroatoms. The van der Waals surface area contributed by atoms with E-state index in [1.54, 1.807) is 0 Å². The highest BCUT2D eigenvalue weighted by Gasteiger charge is 2.06. The van der Waals surface area contributed by atoms with E-state index in [0.29, 0.717) is 0 Å². The lowest BCUT2D eigenvalue weighted by Crippen LogP contribution is -2.03. The van der Waals surface area contributed by atoms with Gasteiger partial charge in [0, 0.05) is 11.1 Å². The number of nitrogens with zero attached hydrogens (tertiary/aromatic N) is 2. The molecule has 0 aliphatic carbocycles. The van der Waals surface area contributed by atoms with Gasteiger partial charge in [-0.1, -0.05) is 72.8 Å². The predicted octanol–water partition coefficient (Wildman–Crippen LogP) is 5.57. The minimum absolute atomic E-state index is 0.879. The number of benzene rings is 3. The van der Waals surface area contributed by atoms with E-state index in [1.165, 1.54) is 11.1 Å². The van der Waals surface area contributed by atoms with Crippen LogP contribution < -0.4 is 0 Å². The van der Waals surface area contributed by atoms with Crippen molar-refractivity contribution in [3.05, 3.63) is 107 Å². The summed E-state index contributed by atoms with van der Waals surface area (Å²) in [7, 11) is 0. The minimum atomic E-state index is 0.879. The number of aryl methyl sites for hydroxylation is 2. The molecule has 3 aromatic rings. The molecule has 0 aliphatic heterocycles. The standard InChI is InChI=1S/C23H22N2/c1-17-14-15-22(16-18(17)2)19(3)24-25-23(20-10-6-4-7-11-20)21-12-8-5-9-13-21/h4-16H,1-3H3. The summed E-state index contributed by atoms with van der Waals surface area (Å²) in [5.41, 5.74) is 7.57. The minimum Gasteiger partial charge on any atom is -0.155 e. The molecule has 0 aliphatic rings. The molecule has 0 radical (unpaired) electrons. The van der Waals surface area contributed by atoms with Gasteiger partial charge in [0.15, 0.2) is 0 Å². The lowest BCUT2D eigenvalue weighted by Gasteiger charge is -2.07. The van der Waals surface area contributed by atoms with E-state index in [1.807, 2.05) is 43.3 Å². The van der Waals surface area contributed by atoms with Crippen LogP contribution in [0.15, 0.2) is 89.1 Å². The van der Waals surface area contributed by atoms with E-state index in [9.17, 15) is 0 Å². The van der Waals surface area contributed by atoms with Crippen LogP contribution in [0.2, 0.25) is 0 Å². The Bertz CT molecular complexity index is 866. The van der Waals surface area contributed by atoms with Crippen molar-refractivity contribution < 1.29 is 0 Å². The van der Waals surface area contributed by atoms with Crippen LogP contribution in [0.4, 0.5) is 0 Å². The Morgan fingerprint density at radius 2 is 1.16 bits per heavy atom. The van der Waals surface area contributed by atoms with Crippen LogP contribution in [-0.2, 0) is 0 Å². The molecule has 124 valence electrons. The van der Waals surface area contributed by atoms with Gasteiger partial charge in [-0.3, -0.25) is 0 Å². The van der Waals surface area contributed by atoms with Gasteiger partial charge >= 0.3 is 0 Å². The van der Waals surface area contributed by atoms with Crippen molar-refractivity contribution in [2.75, 3.05) is 0 Å². The fourth-order valence-electron chi connectivity index (χ4n) is 2.62. The monoisotopic (exact) mass is 326 g/mol. The second-order valence-corrected chi connectivity index (χ2v) is 6.17. The third-order valence-electron chi connectivity index (χ3n) is 4.32. The average molecular weight is 326 g/mol. The van der Waals surface area contributed by atoms with Gasteiger partial charge in [-0.25, -0.2) is 0 Å². The molecule has 3 rings (SSSR count). The summed E-state index contributed by atoms with van der Waals surface area (Å²) in [6.45, 7) is 6.24. The zero-order valence-corrected chi connectivity index (χ0v) is 14.9. The van der Waals surface area contributed by atoms with E-state index < -0.39 is 0 Å². The van der Waals surface area contributed by atoms with Crippen LogP contribution in [0.1, 0.15) is 34.7 Å². The van der Waals surface area contributed by atoms with Crippen molar-refractivity contribution in [3.8, 4) is 0 Å². The van der Waals surface area contributed by atoms with Crippen LogP contribution in [0.5, 0.6) is 0 Å². The van der Waals surface area contributed by atoms with Crippen molar-refractivity contribution in [2.24, 2.45) is 10.2 Å². The molecule has 2 nitrogen and oxygen atoms in total. The molecule has 0 aromatic heterocycles. The first kappa shape index (κ1) is 16.8. The SMILES string of the molecule is CC(=NN=C(c1ccccc1)c1ccccc1)c1ccc(C)c(C)c1. The maximum Gasteiger partial charge on any atom is 0.100 e. The summed E-state index contributed by atoms with van der Waals surface area (Å²) < 4.78 is 0. The first-order valence-electron chi connectivity index (χ1n) is 8.46. The Balaban J connectivity index is 2.02.